The summed E-state index contributed by atoms with van der Waals surface area (Å²) in [4.78, 5) is 37.0. The van der Waals surface area contributed by atoms with Crippen LogP contribution in [0.5, 0.6) is 0 Å². The first kappa shape index (κ1) is 25.4. The molecule has 4 rings (SSSR count). The summed E-state index contributed by atoms with van der Waals surface area (Å²) in [7, 11) is 0. The van der Waals surface area contributed by atoms with Gasteiger partial charge in [0.05, 0.1) is 6.42 Å². The van der Waals surface area contributed by atoms with Gasteiger partial charge in [-0.15, -0.1) is 0 Å². The predicted molar refractivity (Wildman–Crippen MR) is 146 cm³/mol. The summed E-state index contributed by atoms with van der Waals surface area (Å²) in [6.07, 6.45) is 0.277. The maximum atomic E-state index is 12.4. The third-order valence-electron chi connectivity index (χ3n) is 5.88. The Morgan fingerprint density at radius 1 is 0.595 bits per heavy atom. The molecule has 0 heterocycles. The zero-order chi connectivity index (χ0) is 26.0. The predicted octanol–water partition coefficient (Wildman–Crippen LogP) is 5.00. The number of hydrogen-bond acceptors (Lipinski definition) is 3. The molecule has 0 aliphatic heterocycles. The van der Waals surface area contributed by atoms with E-state index < -0.39 is 0 Å². The lowest BCUT2D eigenvalue weighted by Crippen LogP contribution is -2.35. The van der Waals surface area contributed by atoms with Gasteiger partial charge in [0.15, 0.2) is 0 Å². The highest BCUT2D eigenvalue weighted by molar-refractivity contribution is 6.04. The van der Waals surface area contributed by atoms with Crippen molar-refractivity contribution in [3.05, 3.63) is 125 Å². The van der Waals surface area contributed by atoms with Crippen LogP contribution in [0.4, 0.5) is 5.69 Å². The zero-order valence-electron chi connectivity index (χ0n) is 20.7. The first-order valence-electron chi connectivity index (χ1n) is 12.2. The summed E-state index contributed by atoms with van der Waals surface area (Å²) >= 11 is 0. The van der Waals surface area contributed by atoms with Gasteiger partial charge in [0, 0.05) is 29.9 Å². The van der Waals surface area contributed by atoms with E-state index in [-0.39, 0.29) is 24.1 Å². The summed E-state index contributed by atoms with van der Waals surface area (Å²) in [6, 6.07) is 32.0. The monoisotopic (exact) mass is 491 g/mol. The minimum Gasteiger partial charge on any atom is -0.354 e. The molecule has 0 spiro atoms. The van der Waals surface area contributed by atoms with Gasteiger partial charge in [-0.1, -0.05) is 72.3 Å². The van der Waals surface area contributed by atoms with E-state index in [9.17, 15) is 14.4 Å². The van der Waals surface area contributed by atoms with Crippen LogP contribution in [0, 0.1) is 6.92 Å². The van der Waals surface area contributed by atoms with E-state index in [1.165, 1.54) is 0 Å². The van der Waals surface area contributed by atoms with Crippen molar-refractivity contribution in [1.29, 1.82) is 0 Å². The molecule has 37 heavy (non-hydrogen) atoms. The maximum Gasteiger partial charge on any atom is 0.255 e. The van der Waals surface area contributed by atoms with E-state index in [1.54, 1.807) is 36.4 Å². The molecule has 4 aromatic rings. The fraction of sp³-hybridized carbons (Fsp3) is 0.129. The Hall–Kier alpha value is -4.71. The van der Waals surface area contributed by atoms with Crippen molar-refractivity contribution in [1.82, 2.24) is 10.6 Å². The molecule has 186 valence electrons. The number of amides is 3. The first-order chi connectivity index (χ1) is 18.0. The van der Waals surface area contributed by atoms with Crippen LogP contribution in [-0.2, 0) is 11.2 Å². The van der Waals surface area contributed by atoms with E-state index in [2.05, 4.69) is 28.1 Å². The zero-order valence-corrected chi connectivity index (χ0v) is 20.7. The minimum atomic E-state index is -0.248. The fourth-order valence-electron chi connectivity index (χ4n) is 3.79. The van der Waals surface area contributed by atoms with Crippen LogP contribution in [-0.4, -0.2) is 30.8 Å². The Balaban J connectivity index is 1.17. The van der Waals surface area contributed by atoms with E-state index in [0.29, 0.717) is 29.9 Å². The standard InChI is InChI=1S/C31H29N3O3/c1-22-7-11-27(12-8-22)31(37)34-28-17-15-26(16-18-28)30(36)33-20-19-32-29(35)21-23-9-13-25(14-10-23)24-5-3-2-4-6-24/h2-18H,19-21H2,1H3,(H,32,35)(H,33,36)(H,34,37). The van der Waals surface area contributed by atoms with Gasteiger partial charge in [-0.3, -0.25) is 14.4 Å². The van der Waals surface area contributed by atoms with Crippen molar-refractivity contribution in [3.8, 4) is 11.1 Å². The van der Waals surface area contributed by atoms with Gasteiger partial charge in [-0.05, 0) is 60.0 Å². The molecule has 0 fully saturated rings. The minimum absolute atomic E-state index is 0.101. The van der Waals surface area contributed by atoms with Gasteiger partial charge in [-0.25, -0.2) is 0 Å². The second-order valence-corrected chi connectivity index (χ2v) is 8.74. The number of anilines is 1. The Morgan fingerprint density at radius 2 is 1.16 bits per heavy atom. The van der Waals surface area contributed by atoms with Crippen LogP contribution in [0.25, 0.3) is 11.1 Å². The summed E-state index contributed by atoms with van der Waals surface area (Å²) < 4.78 is 0. The Bertz CT molecular complexity index is 1350. The molecular formula is C31H29N3O3. The molecule has 0 radical (unpaired) electrons. The van der Waals surface area contributed by atoms with Crippen molar-refractivity contribution in [2.75, 3.05) is 18.4 Å². The number of carbonyl (C=O) groups is 3. The summed E-state index contributed by atoms with van der Waals surface area (Å²) in [5, 5.41) is 8.45. The third kappa shape index (κ3) is 7.39. The molecule has 3 N–H and O–H groups in total. The molecule has 0 bridgehead atoms. The summed E-state index contributed by atoms with van der Waals surface area (Å²) in [6.45, 7) is 2.60. The molecule has 6 nitrogen and oxygen atoms in total. The lowest BCUT2D eigenvalue weighted by atomic mass is 10.0. The molecule has 0 aliphatic rings. The van der Waals surface area contributed by atoms with Gasteiger partial charge in [-0.2, -0.15) is 0 Å². The average molecular weight is 492 g/mol. The van der Waals surface area contributed by atoms with Crippen LogP contribution in [0.1, 0.15) is 31.8 Å². The average Bonchev–Trinajstić information content (AvgIpc) is 2.92. The quantitative estimate of drug-likeness (QED) is 0.288. The van der Waals surface area contributed by atoms with Crippen molar-refractivity contribution in [2.24, 2.45) is 0 Å². The van der Waals surface area contributed by atoms with Crippen molar-refractivity contribution in [2.45, 2.75) is 13.3 Å². The van der Waals surface area contributed by atoms with Crippen LogP contribution >= 0.6 is 0 Å². The maximum absolute atomic E-state index is 12.4. The number of nitrogens with one attached hydrogen (secondary N) is 3. The van der Waals surface area contributed by atoms with E-state index >= 15 is 0 Å². The Labute approximate surface area is 216 Å². The highest BCUT2D eigenvalue weighted by Gasteiger charge is 2.09. The molecule has 0 saturated carbocycles. The van der Waals surface area contributed by atoms with E-state index in [0.717, 1.165) is 22.3 Å². The molecule has 6 heteroatoms. The van der Waals surface area contributed by atoms with Gasteiger partial charge in [0.25, 0.3) is 11.8 Å². The Morgan fingerprint density at radius 3 is 1.84 bits per heavy atom. The van der Waals surface area contributed by atoms with Crippen LogP contribution in [0.3, 0.4) is 0 Å². The Kier molecular flexibility index (Phi) is 8.45. The van der Waals surface area contributed by atoms with Crippen LogP contribution < -0.4 is 16.0 Å². The van der Waals surface area contributed by atoms with Gasteiger partial charge < -0.3 is 16.0 Å². The van der Waals surface area contributed by atoms with Gasteiger partial charge in [0.1, 0.15) is 0 Å². The normalized spacial score (nSPS) is 10.4. The summed E-state index contributed by atoms with van der Waals surface area (Å²) in [5.74, 6) is -0.558. The number of carbonyl (C=O) groups excluding carboxylic acids is 3. The van der Waals surface area contributed by atoms with Crippen molar-refractivity contribution < 1.29 is 14.4 Å². The van der Waals surface area contributed by atoms with Crippen molar-refractivity contribution >= 4 is 23.4 Å². The topological polar surface area (TPSA) is 87.3 Å². The lowest BCUT2D eigenvalue weighted by Gasteiger charge is -2.09. The number of benzene rings is 4. The smallest absolute Gasteiger partial charge is 0.255 e. The fourth-order valence-corrected chi connectivity index (χ4v) is 3.79. The molecule has 3 amide bonds. The van der Waals surface area contributed by atoms with Gasteiger partial charge >= 0.3 is 0 Å². The van der Waals surface area contributed by atoms with Crippen LogP contribution in [0.2, 0.25) is 0 Å². The van der Waals surface area contributed by atoms with Crippen LogP contribution in [0.15, 0.2) is 103 Å². The molecule has 0 atom stereocenters. The largest absolute Gasteiger partial charge is 0.354 e. The molecule has 4 aromatic carbocycles. The highest BCUT2D eigenvalue weighted by atomic mass is 16.2. The summed E-state index contributed by atoms with van der Waals surface area (Å²) in [5.41, 5.74) is 5.89. The SMILES string of the molecule is Cc1ccc(C(=O)Nc2ccc(C(=O)NCCNC(=O)Cc3ccc(-c4ccccc4)cc3)cc2)cc1. The number of aryl methyl sites for hydroxylation is 1. The third-order valence-corrected chi connectivity index (χ3v) is 5.88. The lowest BCUT2D eigenvalue weighted by molar-refractivity contribution is -0.120. The molecule has 0 unspecified atom stereocenters. The van der Waals surface area contributed by atoms with Gasteiger partial charge in [0.2, 0.25) is 5.91 Å². The number of hydrogen-bond donors (Lipinski definition) is 3. The molecule has 0 saturated heterocycles. The van der Waals surface area contributed by atoms with E-state index in [1.807, 2.05) is 61.5 Å². The molecular weight excluding hydrogens is 462 g/mol. The second kappa shape index (κ2) is 12.3. The first-order valence-corrected chi connectivity index (χ1v) is 12.2. The number of rotatable bonds is 9. The highest BCUT2D eigenvalue weighted by Crippen LogP contribution is 2.19. The molecule has 0 aliphatic carbocycles. The second-order valence-electron chi connectivity index (χ2n) is 8.74. The molecule has 0 aromatic heterocycles. The van der Waals surface area contributed by atoms with E-state index in [4.69, 9.17) is 0 Å². The van der Waals surface area contributed by atoms with Crippen molar-refractivity contribution in [3.63, 3.8) is 0 Å².